The lowest BCUT2D eigenvalue weighted by Gasteiger charge is -2.13. The number of rotatable bonds is 4. The van der Waals surface area contributed by atoms with Crippen molar-refractivity contribution in [3.8, 4) is 0 Å². The predicted molar refractivity (Wildman–Crippen MR) is 52.7 cm³/mol. The molecule has 1 aromatic heterocycles. The Kier molecular flexibility index (Phi) is 3.68. The Balaban J connectivity index is 2.45. The molecule has 78 valence electrons. The van der Waals surface area contributed by atoms with Gasteiger partial charge in [-0.1, -0.05) is 13.8 Å². The standard InChI is InChI=1S/C10H16N2O2/c1-8(2)6-14-10(13)9(3)12-5-4-11-7-12/h4-5,7-9H,6H2,1-3H3. The van der Waals surface area contributed by atoms with E-state index >= 15 is 0 Å². The molecular formula is C10H16N2O2. The largest absolute Gasteiger partial charge is 0.464 e. The first-order valence-corrected chi connectivity index (χ1v) is 4.75. The minimum Gasteiger partial charge on any atom is -0.464 e. The molecule has 0 aliphatic carbocycles. The van der Waals surface area contributed by atoms with Gasteiger partial charge in [0.25, 0.3) is 0 Å². The van der Waals surface area contributed by atoms with E-state index in [-0.39, 0.29) is 12.0 Å². The molecule has 0 spiro atoms. The number of hydrogen-bond acceptors (Lipinski definition) is 3. The Labute approximate surface area is 83.9 Å². The fourth-order valence-corrected chi connectivity index (χ4v) is 0.990. The molecule has 4 heteroatoms. The van der Waals surface area contributed by atoms with Crippen LogP contribution in [-0.2, 0) is 9.53 Å². The van der Waals surface area contributed by atoms with E-state index in [2.05, 4.69) is 4.98 Å². The lowest BCUT2D eigenvalue weighted by atomic mass is 10.2. The van der Waals surface area contributed by atoms with Gasteiger partial charge < -0.3 is 9.30 Å². The maximum atomic E-state index is 11.5. The van der Waals surface area contributed by atoms with Crippen LogP contribution in [0.2, 0.25) is 0 Å². The molecule has 0 saturated heterocycles. The first kappa shape index (κ1) is 10.8. The van der Waals surface area contributed by atoms with Gasteiger partial charge in [-0.25, -0.2) is 9.78 Å². The normalized spacial score (nSPS) is 12.9. The first-order chi connectivity index (χ1) is 6.61. The highest BCUT2D eigenvalue weighted by Crippen LogP contribution is 2.07. The Morgan fingerprint density at radius 2 is 2.21 bits per heavy atom. The van der Waals surface area contributed by atoms with Crippen LogP contribution in [0.25, 0.3) is 0 Å². The van der Waals surface area contributed by atoms with E-state index in [1.54, 1.807) is 30.2 Å². The number of nitrogens with zero attached hydrogens (tertiary/aromatic N) is 2. The summed E-state index contributed by atoms with van der Waals surface area (Å²) in [5.74, 6) is 0.158. The van der Waals surface area contributed by atoms with Crippen LogP contribution in [-0.4, -0.2) is 22.1 Å². The monoisotopic (exact) mass is 196 g/mol. The summed E-state index contributed by atoms with van der Waals surface area (Å²) >= 11 is 0. The smallest absolute Gasteiger partial charge is 0.328 e. The van der Waals surface area contributed by atoms with E-state index in [9.17, 15) is 4.79 Å². The Hall–Kier alpha value is -1.32. The van der Waals surface area contributed by atoms with Crippen molar-refractivity contribution >= 4 is 5.97 Å². The van der Waals surface area contributed by atoms with E-state index in [0.29, 0.717) is 12.5 Å². The third-order valence-corrected chi connectivity index (χ3v) is 1.87. The second-order valence-electron chi connectivity index (χ2n) is 3.71. The maximum absolute atomic E-state index is 11.5. The third kappa shape index (κ3) is 2.87. The number of carbonyl (C=O) groups is 1. The van der Waals surface area contributed by atoms with E-state index in [1.807, 2.05) is 13.8 Å². The fraction of sp³-hybridized carbons (Fsp3) is 0.600. The lowest BCUT2D eigenvalue weighted by molar-refractivity contribution is -0.148. The molecule has 0 aliphatic heterocycles. The molecule has 0 amide bonds. The highest BCUT2D eigenvalue weighted by atomic mass is 16.5. The van der Waals surface area contributed by atoms with Crippen LogP contribution >= 0.6 is 0 Å². The van der Waals surface area contributed by atoms with E-state index in [1.165, 1.54) is 0 Å². The Bertz CT molecular complexity index is 280. The quantitative estimate of drug-likeness (QED) is 0.688. The van der Waals surface area contributed by atoms with E-state index in [0.717, 1.165) is 0 Å². The molecule has 1 aromatic rings. The summed E-state index contributed by atoms with van der Waals surface area (Å²) in [5.41, 5.74) is 0. The van der Waals surface area contributed by atoms with Crippen LogP contribution in [0.15, 0.2) is 18.7 Å². The van der Waals surface area contributed by atoms with Crippen molar-refractivity contribution in [2.24, 2.45) is 5.92 Å². The van der Waals surface area contributed by atoms with Gasteiger partial charge >= 0.3 is 5.97 Å². The summed E-state index contributed by atoms with van der Waals surface area (Å²) in [4.78, 5) is 15.4. The third-order valence-electron chi connectivity index (χ3n) is 1.87. The van der Waals surface area contributed by atoms with Gasteiger partial charge in [-0.15, -0.1) is 0 Å². The van der Waals surface area contributed by atoms with E-state index in [4.69, 9.17) is 4.74 Å². The Morgan fingerprint density at radius 3 is 2.71 bits per heavy atom. The summed E-state index contributed by atoms with van der Waals surface area (Å²) in [6, 6.07) is -0.295. The van der Waals surface area contributed by atoms with Crippen molar-refractivity contribution in [3.05, 3.63) is 18.7 Å². The van der Waals surface area contributed by atoms with Crippen molar-refractivity contribution in [1.82, 2.24) is 9.55 Å². The highest BCUT2D eigenvalue weighted by Gasteiger charge is 2.15. The van der Waals surface area contributed by atoms with Gasteiger partial charge in [0.05, 0.1) is 12.9 Å². The Morgan fingerprint density at radius 1 is 1.50 bits per heavy atom. The molecule has 1 rings (SSSR count). The summed E-state index contributed by atoms with van der Waals surface area (Å²) in [6.07, 6.45) is 5.01. The molecule has 0 aliphatic rings. The molecule has 4 nitrogen and oxygen atoms in total. The van der Waals surface area contributed by atoms with Crippen molar-refractivity contribution in [2.75, 3.05) is 6.61 Å². The molecular weight excluding hydrogens is 180 g/mol. The van der Waals surface area contributed by atoms with Crippen molar-refractivity contribution in [2.45, 2.75) is 26.8 Å². The second-order valence-corrected chi connectivity index (χ2v) is 3.71. The lowest BCUT2D eigenvalue weighted by Crippen LogP contribution is -2.20. The molecule has 14 heavy (non-hydrogen) atoms. The molecule has 0 fully saturated rings. The van der Waals surface area contributed by atoms with Crippen LogP contribution in [0.5, 0.6) is 0 Å². The average Bonchev–Trinajstić information content (AvgIpc) is 2.65. The molecule has 0 saturated carbocycles. The molecule has 1 unspecified atom stereocenters. The molecule has 1 atom stereocenters. The highest BCUT2D eigenvalue weighted by molar-refractivity contribution is 5.73. The van der Waals surface area contributed by atoms with Gasteiger partial charge in [0.2, 0.25) is 0 Å². The van der Waals surface area contributed by atoms with Crippen LogP contribution in [0.4, 0.5) is 0 Å². The molecule has 0 N–H and O–H groups in total. The van der Waals surface area contributed by atoms with Crippen molar-refractivity contribution < 1.29 is 9.53 Å². The first-order valence-electron chi connectivity index (χ1n) is 4.75. The zero-order chi connectivity index (χ0) is 10.6. The minimum absolute atomic E-state index is 0.211. The van der Waals surface area contributed by atoms with E-state index < -0.39 is 0 Å². The van der Waals surface area contributed by atoms with Gasteiger partial charge in [0.15, 0.2) is 0 Å². The van der Waals surface area contributed by atoms with Crippen LogP contribution < -0.4 is 0 Å². The number of hydrogen-bond donors (Lipinski definition) is 0. The molecule has 0 bridgehead atoms. The number of esters is 1. The van der Waals surface area contributed by atoms with Gasteiger partial charge in [0, 0.05) is 12.4 Å². The van der Waals surface area contributed by atoms with Gasteiger partial charge in [-0.2, -0.15) is 0 Å². The predicted octanol–water partition coefficient (Wildman–Crippen LogP) is 1.64. The number of imidazole rings is 1. The van der Waals surface area contributed by atoms with Crippen LogP contribution in [0.3, 0.4) is 0 Å². The minimum atomic E-state index is -0.295. The fourth-order valence-electron chi connectivity index (χ4n) is 0.990. The van der Waals surface area contributed by atoms with Crippen LogP contribution in [0.1, 0.15) is 26.8 Å². The summed E-state index contributed by atoms with van der Waals surface area (Å²) in [6.45, 7) is 6.28. The summed E-state index contributed by atoms with van der Waals surface area (Å²) in [5, 5.41) is 0. The van der Waals surface area contributed by atoms with Crippen molar-refractivity contribution in [1.29, 1.82) is 0 Å². The van der Waals surface area contributed by atoms with Gasteiger partial charge in [-0.3, -0.25) is 0 Å². The van der Waals surface area contributed by atoms with Crippen LogP contribution in [0, 0.1) is 5.92 Å². The second kappa shape index (κ2) is 4.79. The maximum Gasteiger partial charge on any atom is 0.328 e. The number of carbonyl (C=O) groups excluding carboxylic acids is 1. The number of ether oxygens (including phenoxy) is 1. The number of aromatic nitrogens is 2. The molecule has 0 radical (unpaired) electrons. The average molecular weight is 196 g/mol. The summed E-state index contributed by atoms with van der Waals surface area (Å²) in [7, 11) is 0. The van der Waals surface area contributed by atoms with Crippen molar-refractivity contribution in [3.63, 3.8) is 0 Å². The SMILES string of the molecule is CC(C)COC(=O)C(C)n1ccnc1. The zero-order valence-electron chi connectivity index (χ0n) is 8.80. The van der Waals surface area contributed by atoms with Gasteiger partial charge in [0.1, 0.15) is 6.04 Å². The molecule has 1 heterocycles. The summed E-state index contributed by atoms with van der Waals surface area (Å²) < 4.78 is 6.83. The zero-order valence-corrected chi connectivity index (χ0v) is 8.80. The van der Waals surface area contributed by atoms with Gasteiger partial charge in [-0.05, 0) is 12.8 Å². The molecule has 0 aromatic carbocycles. The topological polar surface area (TPSA) is 44.1 Å².